The van der Waals surface area contributed by atoms with E-state index >= 15 is 0 Å². The molecule has 2 aromatic rings. The standard InChI is InChI=1S/C10H13N3OS/c1-8-7-9-10(14)12(3-2-6-15)4-5-13(9)11-8/h4-5,7,15H,2-3,6H2,1H3. The van der Waals surface area contributed by atoms with Crippen molar-refractivity contribution in [3.8, 4) is 0 Å². The van der Waals surface area contributed by atoms with E-state index in [2.05, 4.69) is 17.7 Å². The predicted molar refractivity (Wildman–Crippen MR) is 62.7 cm³/mol. The highest BCUT2D eigenvalue weighted by molar-refractivity contribution is 7.80. The second-order valence-electron chi connectivity index (χ2n) is 3.49. The van der Waals surface area contributed by atoms with Gasteiger partial charge in [-0.05, 0) is 25.2 Å². The van der Waals surface area contributed by atoms with Crippen molar-refractivity contribution < 1.29 is 0 Å². The molecular weight excluding hydrogens is 210 g/mol. The molecule has 0 saturated heterocycles. The lowest BCUT2D eigenvalue weighted by Gasteiger charge is -2.03. The Hall–Kier alpha value is -1.23. The molecule has 0 unspecified atom stereocenters. The second-order valence-corrected chi connectivity index (χ2v) is 3.94. The van der Waals surface area contributed by atoms with E-state index in [0.717, 1.165) is 17.9 Å². The minimum atomic E-state index is 0.0138. The Bertz CT molecular complexity index is 529. The van der Waals surface area contributed by atoms with Crippen LogP contribution in [0, 0.1) is 6.92 Å². The van der Waals surface area contributed by atoms with Gasteiger partial charge in [0.1, 0.15) is 5.52 Å². The van der Waals surface area contributed by atoms with Crippen LogP contribution in [-0.2, 0) is 6.54 Å². The Labute approximate surface area is 92.9 Å². The van der Waals surface area contributed by atoms with Crippen molar-refractivity contribution in [1.29, 1.82) is 0 Å². The van der Waals surface area contributed by atoms with Crippen molar-refractivity contribution in [1.82, 2.24) is 14.2 Å². The molecule has 5 heteroatoms. The van der Waals surface area contributed by atoms with Crippen molar-refractivity contribution in [2.75, 3.05) is 5.75 Å². The molecular formula is C10H13N3OS. The summed E-state index contributed by atoms with van der Waals surface area (Å²) < 4.78 is 3.32. The maximum Gasteiger partial charge on any atom is 0.276 e. The smallest absolute Gasteiger partial charge is 0.276 e. The first kappa shape index (κ1) is 10.3. The summed E-state index contributed by atoms with van der Waals surface area (Å²) in [5.41, 5.74) is 1.51. The highest BCUT2D eigenvalue weighted by atomic mass is 32.1. The van der Waals surface area contributed by atoms with Crippen LogP contribution in [0.15, 0.2) is 23.3 Å². The first-order chi connectivity index (χ1) is 7.22. The van der Waals surface area contributed by atoms with Gasteiger partial charge in [0.2, 0.25) is 0 Å². The Morgan fingerprint density at radius 3 is 3.00 bits per heavy atom. The van der Waals surface area contributed by atoms with Crippen molar-refractivity contribution in [3.05, 3.63) is 34.5 Å². The van der Waals surface area contributed by atoms with Gasteiger partial charge in [0.05, 0.1) is 5.69 Å². The van der Waals surface area contributed by atoms with Crippen molar-refractivity contribution in [2.45, 2.75) is 19.9 Å². The third-order valence-electron chi connectivity index (χ3n) is 2.28. The van der Waals surface area contributed by atoms with E-state index in [-0.39, 0.29) is 5.56 Å². The third kappa shape index (κ3) is 1.92. The monoisotopic (exact) mass is 223 g/mol. The first-order valence-corrected chi connectivity index (χ1v) is 5.52. The van der Waals surface area contributed by atoms with Crippen LogP contribution in [0.2, 0.25) is 0 Å². The van der Waals surface area contributed by atoms with E-state index in [1.807, 2.05) is 13.1 Å². The predicted octanol–water partition coefficient (Wildman–Crippen LogP) is 1.12. The molecule has 2 rings (SSSR count). The molecule has 80 valence electrons. The minimum absolute atomic E-state index is 0.0138. The number of aromatic nitrogens is 3. The molecule has 0 N–H and O–H groups in total. The molecule has 0 fully saturated rings. The number of aryl methyl sites for hydroxylation is 2. The van der Waals surface area contributed by atoms with Crippen molar-refractivity contribution in [3.63, 3.8) is 0 Å². The van der Waals surface area contributed by atoms with E-state index in [0.29, 0.717) is 12.1 Å². The average molecular weight is 223 g/mol. The zero-order chi connectivity index (χ0) is 10.8. The Balaban J connectivity index is 2.50. The molecule has 0 amide bonds. The van der Waals surface area contributed by atoms with Crippen LogP contribution in [-0.4, -0.2) is 19.9 Å². The van der Waals surface area contributed by atoms with E-state index in [4.69, 9.17) is 0 Å². The van der Waals surface area contributed by atoms with Crippen LogP contribution >= 0.6 is 12.6 Å². The van der Waals surface area contributed by atoms with Crippen LogP contribution in [0.5, 0.6) is 0 Å². The maximum absolute atomic E-state index is 11.9. The number of hydrogen-bond donors (Lipinski definition) is 1. The summed E-state index contributed by atoms with van der Waals surface area (Å²) in [7, 11) is 0. The molecule has 0 radical (unpaired) electrons. The molecule has 0 bridgehead atoms. The zero-order valence-electron chi connectivity index (χ0n) is 8.55. The van der Waals surface area contributed by atoms with Crippen LogP contribution in [0.4, 0.5) is 0 Å². The summed E-state index contributed by atoms with van der Waals surface area (Å²) in [6.45, 7) is 2.59. The van der Waals surface area contributed by atoms with Gasteiger partial charge >= 0.3 is 0 Å². The fourth-order valence-electron chi connectivity index (χ4n) is 1.57. The summed E-state index contributed by atoms with van der Waals surface area (Å²) in [6.07, 6.45) is 4.47. The lowest BCUT2D eigenvalue weighted by molar-refractivity contribution is 0.653. The largest absolute Gasteiger partial charge is 0.312 e. The Morgan fingerprint density at radius 2 is 2.27 bits per heavy atom. The second kappa shape index (κ2) is 4.10. The molecule has 2 aromatic heterocycles. The highest BCUT2D eigenvalue weighted by Gasteiger charge is 2.04. The SMILES string of the molecule is Cc1cc2c(=O)n(CCCS)ccn2n1. The number of thiol groups is 1. The van der Waals surface area contributed by atoms with Gasteiger partial charge in [0, 0.05) is 18.9 Å². The molecule has 0 aliphatic carbocycles. The highest BCUT2D eigenvalue weighted by Crippen LogP contribution is 2.00. The van der Waals surface area contributed by atoms with E-state index in [1.165, 1.54) is 0 Å². The molecule has 0 spiro atoms. The topological polar surface area (TPSA) is 39.3 Å². The zero-order valence-corrected chi connectivity index (χ0v) is 9.44. The van der Waals surface area contributed by atoms with Gasteiger partial charge in [-0.2, -0.15) is 17.7 Å². The summed E-state index contributed by atoms with van der Waals surface area (Å²) in [6, 6.07) is 1.81. The van der Waals surface area contributed by atoms with Gasteiger partial charge in [0.25, 0.3) is 5.56 Å². The molecule has 0 aliphatic heterocycles. The number of fused-ring (bicyclic) bond motifs is 1. The molecule has 15 heavy (non-hydrogen) atoms. The third-order valence-corrected chi connectivity index (χ3v) is 2.60. The van der Waals surface area contributed by atoms with E-state index in [9.17, 15) is 4.79 Å². The lowest BCUT2D eigenvalue weighted by Crippen LogP contribution is -2.21. The average Bonchev–Trinajstić information content (AvgIpc) is 2.59. The summed E-state index contributed by atoms with van der Waals surface area (Å²) in [5.74, 6) is 0.788. The molecule has 0 atom stereocenters. The molecule has 2 heterocycles. The normalized spacial score (nSPS) is 11.1. The van der Waals surface area contributed by atoms with Gasteiger partial charge < -0.3 is 4.57 Å². The summed E-state index contributed by atoms with van der Waals surface area (Å²) in [5, 5.41) is 4.18. The fraction of sp³-hybridized carbons (Fsp3) is 0.400. The quantitative estimate of drug-likeness (QED) is 0.792. The first-order valence-electron chi connectivity index (χ1n) is 4.88. The molecule has 0 saturated carbocycles. The Morgan fingerprint density at radius 1 is 1.47 bits per heavy atom. The van der Waals surface area contributed by atoms with Crippen LogP contribution in [0.25, 0.3) is 5.52 Å². The van der Waals surface area contributed by atoms with Crippen LogP contribution < -0.4 is 5.56 Å². The van der Waals surface area contributed by atoms with E-state index < -0.39 is 0 Å². The van der Waals surface area contributed by atoms with Crippen LogP contribution in [0.3, 0.4) is 0 Å². The number of rotatable bonds is 3. The maximum atomic E-state index is 11.9. The van der Waals surface area contributed by atoms with E-state index in [1.54, 1.807) is 21.3 Å². The van der Waals surface area contributed by atoms with Crippen molar-refractivity contribution >= 4 is 18.1 Å². The molecule has 4 nitrogen and oxygen atoms in total. The van der Waals surface area contributed by atoms with Crippen LogP contribution in [0.1, 0.15) is 12.1 Å². The van der Waals surface area contributed by atoms with Crippen molar-refractivity contribution in [2.24, 2.45) is 0 Å². The molecule has 0 aromatic carbocycles. The number of nitrogens with zero attached hydrogens (tertiary/aromatic N) is 3. The van der Waals surface area contributed by atoms with Gasteiger partial charge in [-0.3, -0.25) is 4.79 Å². The number of hydrogen-bond acceptors (Lipinski definition) is 3. The summed E-state index contributed by atoms with van der Waals surface area (Å²) >= 11 is 4.13. The fourth-order valence-corrected chi connectivity index (χ4v) is 1.71. The Kier molecular flexibility index (Phi) is 2.81. The van der Waals surface area contributed by atoms with Gasteiger partial charge in [-0.25, -0.2) is 4.52 Å². The van der Waals surface area contributed by atoms with Gasteiger partial charge in [0.15, 0.2) is 0 Å². The summed E-state index contributed by atoms with van der Waals surface area (Å²) in [4.78, 5) is 11.9. The minimum Gasteiger partial charge on any atom is -0.312 e. The van der Waals surface area contributed by atoms with Gasteiger partial charge in [-0.1, -0.05) is 0 Å². The van der Waals surface area contributed by atoms with Gasteiger partial charge in [-0.15, -0.1) is 0 Å². The lowest BCUT2D eigenvalue weighted by atomic mass is 10.4. The molecule has 0 aliphatic rings.